The Kier molecular flexibility index (Phi) is 16.3. The van der Waals surface area contributed by atoms with Gasteiger partial charge < -0.3 is 23.9 Å². The second-order valence-electron chi connectivity index (χ2n) is 19.3. The van der Waals surface area contributed by atoms with E-state index in [0.717, 1.165) is 52.0 Å². The minimum Gasteiger partial charge on any atom is -0.465 e. The molecule has 0 amide bonds. The highest BCUT2D eigenvalue weighted by atomic mass is 32.1. The van der Waals surface area contributed by atoms with Gasteiger partial charge in [-0.3, -0.25) is 0 Å². The quantitative estimate of drug-likeness (QED) is 0.0657. The highest BCUT2D eigenvalue weighted by Gasteiger charge is 2.65. The van der Waals surface area contributed by atoms with Gasteiger partial charge in [0, 0.05) is 76.5 Å². The number of nitriles is 3. The number of thiophene rings is 1. The summed E-state index contributed by atoms with van der Waals surface area (Å²) in [7, 11) is 1.34. The zero-order valence-electron chi connectivity index (χ0n) is 43.2. The summed E-state index contributed by atoms with van der Waals surface area (Å²) in [6.07, 6.45) is 1.50. The minimum absolute atomic E-state index is 0.124. The van der Waals surface area contributed by atoms with Crippen molar-refractivity contribution in [2.75, 3.05) is 48.5 Å². The van der Waals surface area contributed by atoms with Gasteiger partial charge in [0.1, 0.15) is 23.8 Å². The third kappa shape index (κ3) is 10.9. The molecule has 8 rings (SSSR count). The van der Waals surface area contributed by atoms with Crippen LogP contribution in [0.1, 0.15) is 48.6 Å². The summed E-state index contributed by atoms with van der Waals surface area (Å²) in [5, 5.41) is 31.8. The third-order valence-electron chi connectivity index (χ3n) is 13.5. The maximum absolute atomic E-state index is 15.3. The van der Waals surface area contributed by atoms with Crippen LogP contribution in [0.5, 0.6) is 0 Å². The fourth-order valence-corrected chi connectivity index (χ4v) is 15.1. The SMILES string of the molecule is CCN(CCO[Si](c1ccccc1)(c1ccccc1)C(C)(C)C)c1ccc(N(c2ccc(/C=C/c3ccc(/C=C/C4=C(C#N)C(=C(C#N)C#N)OC4(c4ccccc4)C(F)(F)F)s3)cc2)c2ccc(N(C)C)cc2)cc1. The van der Waals surface area contributed by atoms with Crippen LogP contribution in [0, 0.1) is 34.0 Å². The van der Waals surface area contributed by atoms with Gasteiger partial charge in [-0.15, -0.1) is 11.3 Å². The standard InChI is InChI=1S/C63H57F3N6O2SSi/c1-7-71(41-42-73-76(61(2,3)4,56-19-13-9-14-20-56)57-21-15-10-16-22-57)50-30-34-53(35-31-50)72(52-32-28-49(29-33-52)70(5)6)51-26-23-46(24-27-51)25-36-54-37-38-55(75-54)39-40-59-58(45-69)60(47(43-67)44-68)74-62(59,63(64,65)66)48-17-11-8-12-18-48/h8-40H,7,41-42H2,1-6H3/b36-25+,40-39+. The second kappa shape index (κ2) is 23.0. The average Bonchev–Trinajstić information content (AvgIpc) is 4.20. The Morgan fingerprint density at radius 2 is 1.11 bits per heavy atom. The molecule has 0 bridgehead atoms. The molecule has 0 radical (unpaired) electrons. The molecule has 0 fully saturated rings. The molecule has 1 aliphatic rings. The van der Waals surface area contributed by atoms with Crippen LogP contribution < -0.4 is 25.1 Å². The second-order valence-corrected chi connectivity index (χ2v) is 24.8. The lowest BCUT2D eigenvalue weighted by Crippen LogP contribution is -2.67. The van der Waals surface area contributed by atoms with E-state index in [9.17, 15) is 15.8 Å². The number of hydrogen-bond acceptors (Lipinski definition) is 9. The maximum Gasteiger partial charge on any atom is 0.437 e. The number of halogens is 3. The molecule has 0 aliphatic carbocycles. The zero-order chi connectivity index (χ0) is 54.1. The van der Waals surface area contributed by atoms with Gasteiger partial charge >= 0.3 is 6.18 Å². The largest absolute Gasteiger partial charge is 0.465 e. The van der Waals surface area contributed by atoms with Crippen molar-refractivity contribution in [3.63, 3.8) is 0 Å². The first-order valence-corrected chi connectivity index (χ1v) is 27.6. The molecule has 0 saturated carbocycles. The van der Waals surface area contributed by atoms with E-state index in [4.69, 9.17) is 9.16 Å². The van der Waals surface area contributed by atoms with Crippen LogP contribution in [0.2, 0.25) is 5.04 Å². The van der Waals surface area contributed by atoms with E-state index in [1.54, 1.807) is 30.3 Å². The highest BCUT2D eigenvalue weighted by Crippen LogP contribution is 2.56. The molecule has 1 aromatic heterocycles. The van der Waals surface area contributed by atoms with Crippen molar-refractivity contribution in [3.8, 4) is 18.2 Å². The molecule has 76 heavy (non-hydrogen) atoms. The van der Waals surface area contributed by atoms with Gasteiger partial charge in [0.25, 0.3) is 13.9 Å². The Morgan fingerprint density at radius 3 is 1.57 bits per heavy atom. The average molecular weight is 1050 g/mol. The molecule has 1 atom stereocenters. The van der Waals surface area contributed by atoms with Gasteiger partial charge in [-0.2, -0.15) is 29.0 Å². The van der Waals surface area contributed by atoms with Crippen LogP contribution in [-0.4, -0.2) is 48.3 Å². The van der Waals surface area contributed by atoms with Crippen LogP contribution in [0.15, 0.2) is 204 Å². The molecular weight excluding hydrogens is 990 g/mol. The van der Waals surface area contributed by atoms with Gasteiger partial charge in [0.05, 0.1) is 6.61 Å². The van der Waals surface area contributed by atoms with Crippen LogP contribution >= 0.6 is 11.3 Å². The predicted molar refractivity (Wildman–Crippen MR) is 305 cm³/mol. The van der Waals surface area contributed by atoms with Gasteiger partial charge in [-0.1, -0.05) is 136 Å². The van der Waals surface area contributed by atoms with Crippen molar-refractivity contribution in [1.29, 1.82) is 15.8 Å². The molecule has 6 aromatic carbocycles. The number of alkyl halides is 3. The Hall–Kier alpha value is -8.38. The third-order valence-corrected chi connectivity index (χ3v) is 19.6. The molecule has 1 aliphatic heterocycles. The van der Waals surface area contributed by atoms with Crippen molar-refractivity contribution in [2.24, 2.45) is 0 Å². The minimum atomic E-state index is -5.08. The Morgan fingerprint density at radius 1 is 0.632 bits per heavy atom. The van der Waals surface area contributed by atoms with Crippen LogP contribution in [0.3, 0.4) is 0 Å². The first-order chi connectivity index (χ1) is 36.6. The van der Waals surface area contributed by atoms with Crippen LogP contribution in [0.4, 0.5) is 41.6 Å². The summed E-state index contributed by atoms with van der Waals surface area (Å²) in [4.78, 5) is 8.10. The Bertz CT molecular complexity index is 3330. The van der Waals surface area contributed by atoms with E-state index in [0.29, 0.717) is 11.5 Å². The molecule has 8 nitrogen and oxygen atoms in total. The van der Waals surface area contributed by atoms with E-state index in [-0.39, 0.29) is 10.6 Å². The number of rotatable bonds is 17. The lowest BCUT2D eigenvalue weighted by atomic mass is 9.84. The number of ether oxygens (including phenoxy) is 1. The summed E-state index contributed by atoms with van der Waals surface area (Å²) >= 11 is 1.34. The number of allylic oxidation sites excluding steroid dienone is 2. The fraction of sp³-hybridized carbons (Fsp3) is 0.190. The number of hydrogen-bond donors (Lipinski definition) is 0. The van der Waals surface area contributed by atoms with E-state index >= 15 is 13.2 Å². The summed E-state index contributed by atoms with van der Waals surface area (Å²) in [5.41, 5.74) is 0.833. The normalized spacial score (nSPS) is 14.8. The van der Waals surface area contributed by atoms with E-state index in [1.165, 1.54) is 58.1 Å². The highest BCUT2D eigenvalue weighted by molar-refractivity contribution is 7.13. The molecule has 13 heteroatoms. The number of nitrogens with zero attached hydrogens (tertiary/aromatic N) is 6. The molecule has 382 valence electrons. The van der Waals surface area contributed by atoms with Crippen molar-refractivity contribution in [1.82, 2.24) is 0 Å². The number of anilines is 5. The first kappa shape index (κ1) is 53.9. The molecule has 0 N–H and O–H groups in total. The molecule has 7 aromatic rings. The van der Waals surface area contributed by atoms with Gasteiger partial charge in [-0.05, 0) is 113 Å². The maximum atomic E-state index is 15.3. The van der Waals surface area contributed by atoms with Gasteiger partial charge in [0.2, 0.25) is 0 Å². The first-order valence-electron chi connectivity index (χ1n) is 24.8. The van der Waals surface area contributed by atoms with Crippen LogP contribution in [-0.2, 0) is 14.8 Å². The Balaban J connectivity index is 1.03. The lowest BCUT2D eigenvalue weighted by molar-refractivity contribution is -0.249. The summed E-state index contributed by atoms with van der Waals surface area (Å²) < 4.78 is 58.7. The molecular formula is C63H57F3N6O2SSi. The molecule has 1 unspecified atom stereocenters. The van der Waals surface area contributed by atoms with Crippen molar-refractivity contribution in [3.05, 3.63) is 225 Å². The van der Waals surface area contributed by atoms with E-state index in [1.807, 2.05) is 44.4 Å². The molecule has 2 heterocycles. The summed E-state index contributed by atoms with van der Waals surface area (Å²) in [6.45, 7) is 11.2. The number of benzene rings is 6. The van der Waals surface area contributed by atoms with Crippen molar-refractivity contribution >= 4 is 76.7 Å². The van der Waals surface area contributed by atoms with Crippen LogP contribution in [0.25, 0.3) is 18.2 Å². The fourth-order valence-electron chi connectivity index (χ4n) is 9.76. The van der Waals surface area contributed by atoms with E-state index in [2.05, 4.69) is 164 Å². The van der Waals surface area contributed by atoms with Gasteiger partial charge in [-0.25, -0.2) is 0 Å². The van der Waals surface area contributed by atoms with E-state index < -0.39 is 42.6 Å². The monoisotopic (exact) mass is 1050 g/mol. The van der Waals surface area contributed by atoms with Crippen molar-refractivity contribution in [2.45, 2.75) is 44.5 Å². The molecule has 0 saturated heterocycles. The number of likely N-dealkylation sites (N-methyl/N-ethyl adjacent to an activating group) is 1. The zero-order valence-corrected chi connectivity index (χ0v) is 45.0. The van der Waals surface area contributed by atoms with Gasteiger partial charge in [0.15, 0.2) is 11.3 Å². The topological polar surface area (TPSA) is 99.5 Å². The molecule has 0 spiro atoms. The summed E-state index contributed by atoms with van der Waals surface area (Å²) in [6, 6.07) is 62.3. The smallest absolute Gasteiger partial charge is 0.437 e. The van der Waals surface area contributed by atoms with Crippen molar-refractivity contribution < 1.29 is 22.3 Å². The Labute approximate surface area is 449 Å². The predicted octanol–water partition coefficient (Wildman–Crippen LogP) is 14.5. The lowest BCUT2D eigenvalue weighted by Gasteiger charge is -2.43. The summed E-state index contributed by atoms with van der Waals surface area (Å²) in [5.74, 6) is -0.707.